The fraction of sp³-hybridized carbons (Fsp3) is 0.476. The summed E-state index contributed by atoms with van der Waals surface area (Å²) in [6.45, 7) is 7.60. The molecule has 1 saturated heterocycles. The summed E-state index contributed by atoms with van der Waals surface area (Å²) >= 11 is 0. The molecule has 0 aliphatic carbocycles. The van der Waals surface area contributed by atoms with Crippen LogP contribution in [0.25, 0.3) is 0 Å². The summed E-state index contributed by atoms with van der Waals surface area (Å²) in [7, 11) is 0. The summed E-state index contributed by atoms with van der Waals surface area (Å²) in [5, 5.41) is 16.5. The van der Waals surface area contributed by atoms with Gasteiger partial charge in [0.1, 0.15) is 29.3 Å². The van der Waals surface area contributed by atoms with E-state index in [1.807, 2.05) is 30.9 Å². The number of rotatable bonds is 4. The number of nitrogens with zero attached hydrogens (tertiary/aromatic N) is 2. The zero-order chi connectivity index (χ0) is 20.3. The van der Waals surface area contributed by atoms with E-state index in [0.717, 1.165) is 56.0 Å². The van der Waals surface area contributed by atoms with Crippen LogP contribution in [-0.2, 0) is 6.42 Å². The van der Waals surface area contributed by atoms with Crippen LogP contribution in [0, 0.1) is 10.8 Å². The molecular weight excluding hydrogens is 354 g/mol. The number of nitrogens with one attached hydrogen (secondary N) is 2. The zero-order valence-corrected chi connectivity index (χ0v) is 16.8. The van der Waals surface area contributed by atoms with Gasteiger partial charge < -0.3 is 20.1 Å². The Kier molecular flexibility index (Phi) is 6.02. The van der Waals surface area contributed by atoms with E-state index in [0.29, 0.717) is 17.2 Å². The number of ether oxygens (including phenoxy) is 2. The van der Waals surface area contributed by atoms with Crippen molar-refractivity contribution in [3.8, 4) is 11.5 Å². The van der Waals surface area contributed by atoms with Gasteiger partial charge in [-0.2, -0.15) is 0 Å². The summed E-state index contributed by atoms with van der Waals surface area (Å²) in [4.78, 5) is 6.03. The smallest absolute Gasteiger partial charge is 0.149 e. The van der Waals surface area contributed by atoms with Crippen LogP contribution in [0.3, 0.4) is 0 Å². The first-order valence-electron chi connectivity index (χ1n) is 9.68. The number of hydrogen-bond donors (Lipinski definition) is 3. The van der Waals surface area contributed by atoms with Crippen molar-refractivity contribution in [3.05, 3.63) is 34.9 Å². The number of nitrogens with two attached hydrogens (primary N) is 1. The zero-order valence-electron chi connectivity index (χ0n) is 16.8. The highest BCUT2D eigenvalue weighted by Crippen LogP contribution is 2.30. The Morgan fingerprint density at radius 2 is 1.89 bits per heavy atom. The number of fused-ring (bicyclic) bond motifs is 1. The van der Waals surface area contributed by atoms with Crippen molar-refractivity contribution in [1.82, 2.24) is 4.90 Å². The van der Waals surface area contributed by atoms with E-state index >= 15 is 0 Å². The van der Waals surface area contributed by atoms with Crippen LogP contribution in [0.2, 0.25) is 0 Å². The highest BCUT2D eigenvalue weighted by atomic mass is 16.5. The summed E-state index contributed by atoms with van der Waals surface area (Å²) in [6, 6.07) is 6.04. The van der Waals surface area contributed by atoms with Crippen molar-refractivity contribution in [2.45, 2.75) is 46.1 Å². The van der Waals surface area contributed by atoms with Gasteiger partial charge in [0, 0.05) is 37.9 Å². The number of amidine groups is 3. The Bertz CT molecular complexity index is 831. The van der Waals surface area contributed by atoms with Gasteiger partial charge in [0.25, 0.3) is 0 Å². The largest absolute Gasteiger partial charge is 0.493 e. The van der Waals surface area contributed by atoms with Crippen LogP contribution in [0.5, 0.6) is 11.5 Å². The second-order valence-electron chi connectivity index (χ2n) is 7.37. The van der Waals surface area contributed by atoms with Crippen LogP contribution in [0.4, 0.5) is 0 Å². The van der Waals surface area contributed by atoms with Crippen LogP contribution in [0.1, 0.15) is 39.2 Å². The Balaban J connectivity index is 1.56. The Labute approximate surface area is 166 Å². The predicted molar refractivity (Wildman–Crippen MR) is 112 cm³/mol. The molecule has 0 atom stereocenters. The molecule has 2 heterocycles. The Morgan fingerprint density at radius 1 is 1.18 bits per heavy atom. The third-order valence-electron chi connectivity index (χ3n) is 5.28. The fourth-order valence-corrected chi connectivity index (χ4v) is 3.48. The van der Waals surface area contributed by atoms with Gasteiger partial charge in [0.05, 0.1) is 12.4 Å². The molecule has 0 aromatic heterocycles. The highest BCUT2D eigenvalue weighted by molar-refractivity contribution is 6.09. The monoisotopic (exact) mass is 383 g/mol. The fourth-order valence-electron chi connectivity index (χ4n) is 3.48. The van der Waals surface area contributed by atoms with Crippen molar-refractivity contribution >= 4 is 17.5 Å². The van der Waals surface area contributed by atoms with Crippen LogP contribution in [-0.4, -0.2) is 48.2 Å². The lowest BCUT2D eigenvalue weighted by atomic mass is 10.0. The lowest BCUT2D eigenvalue weighted by Crippen LogP contribution is -2.42. The standard InChI is InChI=1S/C21H29N5O2/c1-13(20(23)25-15(3)22)14(2)21(24)26-9-6-17(7-10-26)28-18-4-5-19-16(12-18)8-11-27-19/h4-5,12,17,24H,6-11H2,1-3H3,(H3,22,23,25)/b14-13-,24-21?. The van der Waals surface area contributed by atoms with E-state index in [-0.39, 0.29) is 11.9 Å². The molecule has 1 fully saturated rings. The van der Waals surface area contributed by atoms with Gasteiger partial charge in [-0.05, 0) is 50.1 Å². The molecule has 1 aromatic rings. The molecule has 0 radical (unpaired) electrons. The normalized spacial score (nSPS) is 18.2. The van der Waals surface area contributed by atoms with E-state index in [1.165, 1.54) is 5.56 Å². The van der Waals surface area contributed by atoms with Crippen molar-refractivity contribution < 1.29 is 9.47 Å². The van der Waals surface area contributed by atoms with Gasteiger partial charge >= 0.3 is 0 Å². The molecule has 4 N–H and O–H groups in total. The molecule has 1 aromatic carbocycles. The van der Waals surface area contributed by atoms with E-state index in [9.17, 15) is 0 Å². The van der Waals surface area contributed by atoms with Gasteiger partial charge in [-0.15, -0.1) is 0 Å². The molecular formula is C21H29N5O2. The van der Waals surface area contributed by atoms with E-state index in [2.05, 4.69) is 11.1 Å². The minimum absolute atomic E-state index is 0.112. The van der Waals surface area contributed by atoms with Crippen LogP contribution >= 0.6 is 0 Å². The molecule has 0 bridgehead atoms. The lowest BCUT2D eigenvalue weighted by molar-refractivity contribution is 0.131. The first-order chi connectivity index (χ1) is 13.3. The van der Waals surface area contributed by atoms with Gasteiger partial charge in [0.2, 0.25) is 0 Å². The molecule has 7 nitrogen and oxygen atoms in total. The molecule has 2 aliphatic rings. The highest BCUT2D eigenvalue weighted by Gasteiger charge is 2.24. The molecule has 0 saturated carbocycles. The molecule has 7 heteroatoms. The molecule has 0 spiro atoms. The second kappa shape index (κ2) is 8.46. The molecule has 2 aliphatic heterocycles. The van der Waals surface area contributed by atoms with Gasteiger partial charge in [-0.3, -0.25) is 10.8 Å². The molecule has 0 amide bonds. The minimum Gasteiger partial charge on any atom is -0.493 e. The molecule has 150 valence electrons. The van der Waals surface area contributed by atoms with Crippen molar-refractivity contribution in [2.24, 2.45) is 10.7 Å². The maximum absolute atomic E-state index is 8.50. The Hall–Kier alpha value is -2.83. The average molecular weight is 383 g/mol. The maximum atomic E-state index is 8.50. The van der Waals surface area contributed by atoms with Gasteiger partial charge in [0.15, 0.2) is 0 Å². The van der Waals surface area contributed by atoms with E-state index < -0.39 is 0 Å². The summed E-state index contributed by atoms with van der Waals surface area (Å²) in [6.07, 6.45) is 2.81. The first kappa shape index (κ1) is 19.9. The molecule has 28 heavy (non-hydrogen) atoms. The first-order valence-corrected chi connectivity index (χ1v) is 9.68. The molecule has 3 rings (SSSR count). The summed E-state index contributed by atoms with van der Waals surface area (Å²) < 4.78 is 11.7. The number of likely N-dealkylation sites (tertiary alicyclic amines) is 1. The molecule has 0 unspecified atom stereocenters. The quantitative estimate of drug-likeness (QED) is 0.548. The number of piperidine rings is 1. The van der Waals surface area contributed by atoms with Gasteiger partial charge in [-0.1, -0.05) is 0 Å². The topological polar surface area (TPSA) is 108 Å². The van der Waals surface area contributed by atoms with Crippen molar-refractivity contribution in [3.63, 3.8) is 0 Å². The third kappa shape index (κ3) is 4.52. The second-order valence-corrected chi connectivity index (χ2v) is 7.37. The SMILES string of the molecule is CC(N)=NC(=N)/C(C)=C(/C)C(=N)N1CCC(Oc2ccc3c(c2)CCO3)CC1. The van der Waals surface area contributed by atoms with Crippen LogP contribution in [0.15, 0.2) is 34.3 Å². The number of hydrogen-bond acceptors (Lipinski definition) is 4. The summed E-state index contributed by atoms with van der Waals surface area (Å²) in [5.74, 6) is 2.77. The third-order valence-corrected chi connectivity index (χ3v) is 5.28. The van der Waals surface area contributed by atoms with E-state index in [1.54, 1.807) is 6.92 Å². The van der Waals surface area contributed by atoms with Crippen molar-refractivity contribution in [1.29, 1.82) is 10.8 Å². The van der Waals surface area contributed by atoms with Crippen LogP contribution < -0.4 is 15.2 Å². The number of aliphatic imine (C=N–C) groups is 1. The number of benzene rings is 1. The van der Waals surface area contributed by atoms with Crippen molar-refractivity contribution in [2.75, 3.05) is 19.7 Å². The lowest BCUT2D eigenvalue weighted by Gasteiger charge is -2.34. The Morgan fingerprint density at radius 3 is 2.57 bits per heavy atom. The minimum atomic E-state index is 0.112. The van der Waals surface area contributed by atoms with E-state index in [4.69, 9.17) is 26.0 Å². The summed E-state index contributed by atoms with van der Waals surface area (Å²) in [5.41, 5.74) is 8.21. The van der Waals surface area contributed by atoms with Gasteiger partial charge in [-0.25, -0.2) is 4.99 Å². The maximum Gasteiger partial charge on any atom is 0.149 e. The predicted octanol–water partition coefficient (Wildman–Crippen LogP) is 3.13. The average Bonchev–Trinajstić information content (AvgIpc) is 3.14.